The number of aryl methyl sites for hydroxylation is 2. The summed E-state index contributed by atoms with van der Waals surface area (Å²) in [7, 11) is 1.83. The van der Waals surface area contributed by atoms with Gasteiger partial charge in [0.15, 0.2) is 23.1 Å². The van der Waals surface area contributed by atoms with E-state index in [0.717, 1.165) is 21.3 Å². The van der Waals surface area contributed by atoms with E-state index in [1.165, 1.54) is 6.92 Å². The monoisotopic (exact) mass is 508 g/mol. The lowest BCUT2D eigenvalue weighted by Crippen LogP contribution is -2.27. The summed E-state index contributed by atoms with van der Waals surface area (Å²) in [5.74, 6) is 1.66. The van der Waals surface area contributed by atoms with Crippen LogP contribution in [0.2, 0.25) is 0 Å². The lowest BCUT2D eigenvalue weighted by atomic mass is 9.98. The first kappa shape index (κ1) is 21.2. The Balaban J connectivity index is 1.66. The van der Waals surface area contributed by atoms with Crippen LogP contribution in [0.25, 0.3) is 33.8 Å². The maximum Gasteiger partial charge on any atom is 0.404 e. The molecular formula is C24H18BrFN4O3. The highest BCUT2D eigenvalue weighted by Crippen LogP contribution is 2.45. The lowest BCUT2D eigenvalue weighted by Gasteiger charge is -2.11. The predicted molar refractivity (Wildman–Crippen MR) is 122 cm³/mol. The summed E-state index contributed by atoms with van der Waals surface area (Å²) in [6.07, 6.45) is 0.219. The molecule has 2 aromatic heterocycles. The molecule has 0 aliphatic carbocycles. The number of benzene rings is 2. The first-order valence-corrected chi connectivity index (χ1v) is 10.9. The summed E-state index contributed by atoms with van der Waals surface area (Å²) in [6, 6.07) is 12.8. The number of hydrogen-bond donors (Lipinski definition) is 0. The highest BCUT2D eigenvalue weighted by atomic mass is 79.9. The standard InChI is InChI=1S/C24H18BrFN4O3/c1-13-28-22(14-4-7-20-21(10-14)33-24(2,26)32-20)23(31-13)18-11-15(25)5-6-17(18)19-12-16(8-9-27)29-30(19)3/h4-7,10-12H,8H2,1-3H3. The molecule has 33 heavy (non-hydrogen) atoms. The summed E-state index contributed by atoms with van der Waals surface area (Å²) >= 11 is 3.55. The summed E-state index contributed by atoms with van der Waals surface area (Å²) in [5, 5.41) is 13.5. The Morgan fingerprint density at radius 3 is 2.70 bits per heavy atom. The van der Waals surface area contributed by atoms with Gasteiger partial charge in [-0.15, -0.1) is 0 Å². The summed E-state index contributed by atoms with van der Waals surface area (Å²) in [5.41, 5.74) is 4.46. The van der Waals surface area contributed by atoms with Crippen molar-refractivity contribution in [3.63, 3.8) is 0 Å². The Labute approximate surface area is 197 Å². The van der Waals surface area contributed by atoms with Crippen molar-refractivity contribution in [3.05, 3.63) is 58.5 Å². The van der Waals surface area contributed by atoms with Gasteiger partial charge in [0.2, 0.25) is 0 Å². The molecule has 0 radical (unpaired) electrons. The maximum atomic E-state index is 14.2. The molecule has 1 atom stereocenters. The third-order valence-electron chi connectivity index (χ3n) is 5.23. The highest BCUT2D eigenvalue weighted by molar-refractivity contribution is 9.10. The average Bonchev–Trinajstić information content (AvgIpc) is 3.40. The Bertz CT molecular complexity index is 1430. The van der Waals surface area contributed by atoms with Gasteiger partial charge in [-0.05, 0) is 36.4 Å². The molecule has 2 aromatic carbocycles. The van der Waals surface area contributed by atoms with Gasteiger partial charge in [0.25, 0.3) is 0 Å². The molecule has 4 aromatic rings. The fourth-order valence-corrected chi connectivity index (χ4v) is 4.27. The molecule has 1 unspecified atom stereocenters. The zero-order valence-corrected chi connectivity index (χ0v) is 19.6. The second-order valence-corrected chi connectivity index (χ2v) is 8.70. The van der Waals surface area contributed by atoms with Gasteiger partial charge in [-0.25, -0.2) is 4.98 Å². The van der Waals surface area contributed by atoms with Gasteiger partial charge in [0.05, 0.1) is 23.9 Å². The minimum absolute atomic E-state index is 0.219. The molecule has 0 saturated carbocycles. The van der Waals surface area contributed by atoms with Crippen LogP contribution >= 0.6 is 15.9 Å². The van der Waals surface area contributed by atoms with E-state index in [2.05, 4.69) is 32.1 Å². The summed E-state index contributed by atoms with van der Waals surface area (Å²) < 4.78 is 33.3. The molecule has 9 heteroatoms. The van der Waals surface area contributed by atoms with Gasteiger partial charge in [-0.1, -0.05) is 22.0 Å². The number of halogens is 2. The topological polar surface area (TPSA) is 86.1 Å². The van der Waals surface area contributed by atoms with Crippen LogP contribution in [0.15, 0.2) is 51.4 Å². The van der Waals surface area contributed by atoms with Crippen molar-refractivity contribution in [1.82, 2.24) is 14.8 Å². The van der Waals surface area contributed by atoms with E-state index in [4.69, 9.17) is 19.2 Å². The van der Waals surface area contributed by atoms with Gasteiger partial charge in [0, 0.05) is 42.1 Å². The molecule has 1 aliphatic heterocycles. The zero-order valence-electron chi connectivity index (χ0n) is 18.0. The molecule has 0 spiro atoms. The number of ether oxygens (including phenoxy) is 2. The van der Waals surface area contributed by atoms with E-state index in [1.54, 1.807) is 29.8 Å². The van der Waals surface area contributed by atoms with Crippen molar-refractivity contribution >= 4 is 15.9 Å². The number of nitrogens with zero attached hydrogens (tertiary/aromatic N) is 4. The average molecular weight is 509 g/mol. The molecule has 0 saturated heterocycles. The van der Waals surface area contributed by atoms with Crippen molar-refractivity contribution in [2.24, 2.45) is 7.05 Å². The summed E-state index contributed by atoms with van der Waals surface area (Å²) in [4.78, 5) is 4.60. The van der Waals surface area contributed by atoms with Crippen LogP contribution in [-0.2, 0) is 13.5 Å². The first-order chi connectivity index (χ1) is 15.7. The van der Waals surface area contributed by atoms with Crippen LogP contribution in [0, 0.1) is 18.3 Å². The molecule has 166 valence electrons. The second-order valence-electron chi connectivity index (χ2n) is 7.78. The molecule has 3 heterocycles. The van der Waals surface area contributed by atoms with E-state index in [-0.39, 0.29) is 6.42 Å². The van der Waals surface area contributed by atoms with Gasteiger partial charge in [-0.3, -0.25) is 4.68 Å². The fourth-order valence-electron chi connectivity index (χ4n) is 3.91. The third kappa shape index (κ3) is 3.87. The molecule has 1 aliphatic rings. The zero-order chi connectivity index (χ0) is 23.3. The van der Waals surface area contributed by atoms with Crippen LogP contribution in [0.5, 0.6) is 11.5 Å². The Hall–Kier alpha value is -3.64. The van der Waals surface area contributed by atoms with E-state index in [9.17, 15) is 4.39 Å². The largest absolute Gasteiger partial charge is 0.440 e. The smallest absolute Gasteiger partial charge is 0.404 e. The van der Waals surface area contributed by atoms with Gasteiger partial charge in [0.1, 0.15) is 5.69 Å². The number of alkyl halides is 1. The van der Waals surface area contributed by atoms with E-state index in [0.29, 0.717) is 40.1 Å². The molecule has 5 rings (SSSR count). The van der Waals surface area contributed by atoms with Crippen LogP contribution in [0.3, 0.4) is 0 Å². The Morgan fingerprint density at radius 1 is 1.12 bits per heavy atom. The number of nitriles is 1. The van der Waals surface area contributed by atoms with Gasteiger partial charge in [-0.2, -0.15) is 14.8 Å². The lowest BCUT2D eigenvalue weighted by molar-refractivity contribution is -0.173. The van der Waals surface area contributed by atoms with Crippen molar-refractivity contribution in [2.45, 2.75) is 26.3 Å². The van der Waals surface area contributed by atoms with Crippen molar-refractivity contribution in [1.29, 1.82) is 5.26 Å². The Kier molecular flexibility index (Phi) is 4.98. The van der Waals surface area contributed by atoms with Crippen LogP contribution in [-0.4, -0.2) is 20.8 Å². The minimum atomic E-state index is -2.21. The minimum Gasteiger partial charge on any atom is -0.440 e. The molecule has 0 amide bonds. The van der Waals surface area contributed by atoms with Crippen molar-refractivity contribution in [3.8, 4) is 51.4 Å². The first-order valence-electron chi connectivity index (χ1n) is 10.1. The van der Waals surface area contributed by atoms with E-state index < -0.39 is 6.04 Å². The quantitative estimate of drug-likeness (QED) is 0.338. The normalized spacial score (nSPS) is 16.7. The number of fused-ring (bicyclic) bond motifs is 1. The number of hydrogen-bond acceptors (Lipinski definition) is 6. The molecule has 0 N–H and O–H groups in total. The highest BCUT2D eigenvalue weighted by Gasteiger charge is 2.37. The molecule has 7 nitrogen and oxygen atoms in total. The van der Waals surface area contributed by atoms with E-state index in [1.807, 2.05) is 31.3 Å². The van der Waals surface area contributed by atoms with Crippen LogP contribution < -0.4 is 9.47 Å². The third-order valence-corrected chi connectivity index (χ3v) is 5.72. The number of rotatable bonds is 4. The fraction of sp³-hybridized carbons (Fsp3) is 0.208. The molecule has 0 bridgehead atoms. The molecule has 0 fully saturated rings. The SMILES string of the molecule is Cc1nc(-c2ccc3c(c2)OC(C)(F)O3)c(-c2cc(Br)ccc2-c2cc(CC#N)nn2C)o1. The van der Waals surface area contributed by atoms with Crippen molar-refractivity contribution < 1.29 is 18.3 Å². The maximum absolute atomic E-state index is 14.2. The predicted octanol–water partition coefficient (Wildman–Crippen LogP) is 5.96. The summed E-state index contributed by atoms with van der Waals surface area (Å²) in [6.45, 7) is 2.98. The number of aromatic nitrogens is 3. The van der Waals surface area contributed by atoms with Crippen molar-refractivity contribution in [2.75, 3.05) is 0 Å². The van der Waals surface area contributed by atoms with Gasteiger partial charge < -0.3 is 13.9 Å². The van der Waals surface area contributed by atoms with Crippen LogP contribution in [0.1, 0.15) is 18.5 Å². The number of oxazole rings is 1. The Morgan fingerprint density at radius 2 is 1.91 bits per heavy atom. The van der Waals surface area contributed by atoms with E-state index >= 15 is 0 Å². The second kappa shape index (κ2) is 7.74. The molecular weight excluding hydrogens is 491 g/mol. The van der Waals surface area contributed by atoms with Crippen LogP contribution in [0.4, 0.5) is 4.39 Å². The van der Waals surface area contributed by atoms with Gasteiger partial charge >= 0.3 is 6.04 Å².